The maximum absolute atomic E-state index is 13.8. The van der Waals surface area contributed by atoms with Gasteiger partial charge >= 0.3 is 0 Å². The Kier molecular flexibility index (Phi) is 4.96. The van der Waals surface area contributed by atoms with Crippen molar-refractivity contribution in [2.45, 2.75) is 19.4 Å². The summed E-state index contributed by atoms with van der Waals surface area (Å²) >= 11 is 1.17. The summed E-state index contributed by atoms with van der Waals surface area (Å²) in [5.74, 6) is -0.0225. The van der Waals surface area contributed by atoms with Crippen LogP contribution in [0, 0.1) is 24.6 Å². The molecule has 8 nitrogen and oxygen atoms in total. The van der Waals surface area contributed by atoms with Gasteiger partial charge in [0, 0.05) is 26.3 Å². The standard InChI is InChI=1S/C22H23FN6O2S/c1-11-16(10-28(2)27-11)20(30)25-8-17-15-7-13(15)9-29(17)21(31)18-19(32-22(24)26-18)12-4-3-5-14(23)6-12/h3-6,10,13,15,17H,7-9H2,1-2H3,(H2,24,26)(H,25,30)/t13-,15-,17+/m0/s1. The number of nitrogens with zero attached hydrogens (tertiary/aromatic N) is 4. The van der Waals surface area contributed by atoms with Gasteiger partial charge in [-0.3, -0.25) is 14.3 Å². The fourth-order valence-corrected chi connectivity index (χ4v) is 5.45. The second kappa shape index (κ2) is 7.70. The number of amides is 2. The smallest absolute Gasteiger partial charge is 0.274 e. The number of fused-ring (bicyclic) bond motifs is 1. The number of nitrogens with one attached hydrogen (secondary N) is 1. The summed E-state index contributed by atoms with van der Waals surface area (Å²) in [4.78, 5) is 32.7. The van der Waals surface area contributed by atoms with Gasteiger partial charge in [0.15, 0.2) is 5.13 Å². The highest BCUT2D eigenvalue weighted by molar-refractivity contribution is 7.19. The minimum atomic E-state index is -0.387. The quantitative estimate of drug-likeness (QED) is 0.616. The first-order valence-corrected chi connectivity index (χ1v) is 11.2. The Labute approximate surface area is 188 Å². The lowest BCUT2D eigenvalue weighted by molar-refractivity contribution is 0.0690. The lowest BCUT2D eigenvalue weighted by Gasteiger charge is -2.27. The van der Waals surface area contributed by atoms with Gasteiger partial charge in [-0.25, -0.2) is 9.37 Å². The monoisotopic (exact) mass is 454 g/mol. The third kappa shape index (κ3) is 3.64. The number of carbonyl (C=O) groups is 2. The third-order valence-corrected chi connectivity index (χ3v) is 7.16. The Morgan fingerprint density at radius 1 is 1.38 bits per heavy atom. The highest BCUT2D eigenvalue weighted by atomic mass is 32.1. The zero-order valence-electron chi connectivity index (χ0n) is 17.7. The van der Waals surface area contributed by atoms with Gasteiger partial charge in [-0.2, -0.15) is 5.10 Å². The Morgan fingerprint density at radius 2 is 2.19 bits per heavy atom. The van der Waals surface area contributed by atoms with E-state index in [4.69, 9.17) is 5.73 Å². The molecule has 0 bridgehead atoms. The van der Waals surface area contributed by atoms with Crippen molar-refractivity contribution >= 4 is 28.3 Å². The number of thiazole rings is 1. The van der Waals surface area contributed by atoms with Crippen molar-refractivity contribution in [1.82, 2.24) is 25.0 Å². The highest BCUT2D eigenvalue weighted by Gasteiger charge is 2.54. The molecular weight excluding hydrogens is 431 g/mol. The first-order chi connectivity index (χ1) is 15.3. The molecule has 5 rings (SSSR count). The van der Waals surface area contributed by atoms with Crippen LogP contribution >= 0.6 is 11.3 Å². The van der Waals surface area contributed by atoms with Crippen molar-refractivity contribution in [3.05, 3.63) is 53.2 Å². The molecule has 2 aromatic heterocycles. The summed E-state index contributed by atoms with van der Waals surface area (Å²) in [6, 6.07) is 5.95. The van der Waals surface area contributed by atoms with Crippen LogP contribution in [0.15, 0.2) is 30.5 Å². The van der Waals surface area contributed by atoms with Crippen LogP contribution in [0.25, 0.3) is 10.4 Å². The van der Waals surface area contributed by atoms with Crippen molar-refractivity contribution < 1.29 is 14.0 Å². The third-order valence-electron chi connectivity index (χ3n) is 6.23. The molecule has 1 aliphatic heterocycles. The van der Waals surface area contributed by atoms with Crippen LogP contribution in [0.3, 0.4) is 0 Å². The number of nitrogen functional groups attached to an aromatic ring is 1. The SMILES string of the molecule is Cc1nn(C)cc1C(=O)NC[C@@H]1[C@H]2C[C@H]2CN1C(=O)c1nc(N)sc1-c1cccc(F)c1. The number of benzene rings is 1. The molecule has 32 heavy (non-hydrogen) atoms. The predicted octanol–water partition coefficient (Wildman–Crippen LogP) is 2.46. The normalized spacial score (nSPS) is 21.5. The lowest BCUT2D eigenvalue weighted by atomic mass is 10.1. The molecule has 3 aromatic rings. The molecule has 0 spiro atoms. The zero-order chi connectivity index (χ0) is 22.6. The highest BCUT2D eigenvalue weighted by Crippen LogP contribution is 2.50. The molecule has 2 amide bonds. The summed E-state index contributed by atoms with van der Waals surface area (Å²) in [6.45, 7) is 2.77. The van der Waals surface area contributed by atoms with Crippen LogP contribution in [-0.4, -0.2) is 50.6 Å². The molecule has 1 aromatic carbocycles. The van der Waals surface area contributed by atoms with Crippen molar-refractivity contribution in [2.24, 2.45) is 18.9 Å². The van der Waals surface area contributed by atoms with Gasteiger partial charge in [0.25, 0.3) is 11.8 Å². The minimum absolute atomic E-state index is 0.114. The fraction of sp³-hybridized carbons (Fsp3) is 0.364. The van der Waals surface area contributed by atoms with E-state index in [2.05, 4.69) is 15.4 Å². The van der Waals surface area contributed by atoms with E-state index in [1.165, 1.54) is 23.5 Å². The first-order valence-electron chi connectivity index (χ1n) is 10.4. The van der Waals surface area contributed by atoms with Crippen LogP contribution in [0.2, 0.25) is 0 Å². The molecule has 0 unspecified atom stereocenters. The number of piperidine rings is 1. The van der Waals surface area contributed by atoms with E-state index >= 15 is 0 Å². The molecule has 3 heterocycles. The van der Waals surface area contributed by atoms with Crippen LogP contribution in [0.4, 0.5) is 9.52 Å². The van der Waals surface area contributed by atoms with Gasteiger partial charge in [0.1, 0.15) is 11.5 Å². The number of halogens is 1. The van der Waals surface area contributed by atoms with Crippen LogP contribution < -0.4 is 11.1 Å². The van der Waals surface area contributed by atoms with Gasteiger partial charge < -0.3 is 16.0 Å². The van der Waals surface area contributed by atoms with E-state index < -0.39 is 0 Å². The molecule has 1 aliphatic carbocycles. The summed E-state index contributed by atoms with van der Waals surface area (Å²) in [7, 11) is 1.77. The average Bonchev–Trinajstić information content (AvgIpc) is 3.07. The van der Waals surface area contributed by atoms with Gasteiger partial charge in [-0.05, 0) is 42.9 Å². The van der Waals surface area contributed by atoms with Crippen molar-refractivity contribution in [2.75, 3.05) is 18.8 Å². The molecule has 3 N–H and O–H groups in total. The van der Waals surface area contributed by atoms with E-state index in [9.17, 15) is 14.0 Å². The fourth-order valence-electron chi connectivity index (χ4n) is 4.62. The molecule has 10 heteroatoms. The van der Waals surface area contributed by atoms with Crippen LogP contribution in [-0.2, 0) is 7.05 Å². The van der Waals surface area contributed by atoms with Crippen molar-refractivity contribution in [1.29, 1.82) is 0 Å². The average molecular weight is 455 g/mol. The predicted molar refractivity (Wildman–Crippen MR) is 119 cm³/mol. The van der Waals surface area contributed by atoms with Crippen molar-refractivity contribution in [3.8, 4) is 10.4 Å². The summed E-state index contributed by atoms with van der Waals surface area (Å²) in [5.41, 5.74) is 7.91. The van der Waals surface area contributed by atoms with Crippen LogP contribution in [0.5, 0.6) is 0 Å². The van der Waals surface area contributed by atoms with Crippen molar-refractivity contribution in [3.63, 3.8) is 0 Å². The molecule has 2 fully saturated rings. The lowest BCUT2D eigenvalue weighted by Crippen LogP contribution is -2.45. The summed E-state index contributed by atoms with van der Waals surface area (Å²) in [5, 5.41) is 7.44. The van der Waals surface area contributed by atoms with E-state index in [1.54, 1.807) is 41.9 Å². The summed E-state index contributed by atoms with van der Waals surface area (Å²) in [6.07, 6.45) is 2.73. The number of nitrogens with two attached hydrogens (primary N) is 1. The Balaban J connectivity index is 1.36. The Bertz CT molecular complexity index is 1220. The maximum Gasteiger partial charge on any atom is 0.274 e. The summed E-state index contributed by atoms with van der Waals surface area (Å²) < 4.78 is 15.4. The van der Waals surface area contributed by atoms with E-state index in [-0.39, 0.29) is 34.5 Å². The number of aryl methyl sites for hydroxylation is 2. The molecule has 1 saturated carbocycles. The molecule has 2 aliphatic rings. The van der Waals surface area contributed by atoms with E-state index in [0.29, 0.717) is 46.6 Å². The second-order valence-electron chi connectivity index (χ2n) is 8.44. The van der Waals surface area contributed by atoms with Gasteiger partial charge in [-0.15, -0.1) is 0 Å². The van der Waals surface area contributed by atoms with Gasteiger partial charge in [0.05, 0.1) is 22.2 Å². The van der Waals surface area contributed by atoms with Gasteiger partial charge in [-0.1, -0.05) is 23.5 Å². The number of hydrogen-bond acceptors (Lipinski definition) is 6. The largest absolute Gasteiger partial charge is 0.375 e. The van der Waals surface area contributed by atoms with E-state index in [1.807, 2.05) is 0 Å². The minimum Gasteiger partial charge on any atom is -0.375 e. The molecule has 0 radical (unpaired) electrons. The first kappa shape index (κ1) is 20.6. The molecule has 1 saturated heterocycles. The molecular formula is C22H23FN6O2S. The Morgan fingerprint density at radius 3 is 2.91 bits per heavy atom. The number of hydrogen-bond donors (Lipinski definition) is 2. The zero-order valence-corrected chi connectivity index (χ0v) is 18.5. The maximum atomic E-state index is 13.8. The topological polar surface area (TPSA) is 106 Å². The number of rotatable bonds is 5. The van der Waals surface area contributed by atoms with E-state index in [0.717, 1.165) is 6.42 Å². The van der Waals surface area contributed by atoms with Gasteiger partial charge in [0.2, 0.25) is 0 Å². The Hall–Kier alpha value is -3.27. The number of aromatic nitrogens is 3. The number of carbonyl (C=O) groups excluding carboxylic acids is 2. The van der Waals surface area contributed by atoms with Crippen LogP contribution in [0.1, 0.15) is 33.0 Å². The molecule has 3 atom stereocenters. The number of anilines is 1. The second-order valence-corrected chi connectivity index (χ2v) is 9.47. The molecule has 166 valence electrons. The number of likely N-dealkylation sites (tertiary alicyclic amines) is 1.